The third-order valence-electron chi connectivity index (χ3n) is 6.71. The molecule has 12 heteroatoms. The van der Waals surface area contributed by atoms with Crippen LogP contribution in [-0.2, 0) is 4.74 Å². The maximum Gasteiger partial charge on any atom is 0.247 e. The first-order valence-electron chi connectivity index (χ1n) is 11.5. The van der Waals surface area contributed by atoms with Gasteiger partial charge in [-0.3, -0.25) is 4.90 Å². The average Bonchev–Trinajstić information content (AvgIpc) is 3.51. The second kappa shape index (κ2) is 8.63. The van der Waals surface area contributed by atoms with Gasteiger partial charge in [-0.05, 0) is 25.0 Å². The molecule has 0 amide bonds. The fourth-order valence-electron chi connectivity index (χ4n) is 4.40. The van der Waals surface area contributed by atoms with Crippen molar-refractivity contribution in [3.8, 4) is 12.1 Å². The molecule has 178 valence electrons. The molecule has 3 aromatic rings. The summed E-state index contributed by atoms with van der Waals surface area (Å²) in [7, 11) is 0. The number of hydrogen-bond donors (Lipinski definition) is 3. The molecule has 4 heterocycles. The number of rotatable bonds is 7. The average molecular weight is 492 g/mol. The van der Waals surface area contributed by atoms with Crippen LogP contribution in [0.2, 0.25) is 5.02 Å². The molecule has 3 aliphatic rings. The van der Waals surface area contributed by atoms with Crippen LogP contribution < -0.4 is 10.6 Å². The Hall–Kier alpha value is -3.48. The number of halogens is 1. The highest BCUT2D eigenvalue weighted by atomic mass is 35.5. The molecule has 0 spiro atoms. The number of fused-ring (bicyclic) bond motifs is 1. The fraction of sp³-hybridized carbons (Fsp3) is 0.435. The molecule has 3 fully saturated rings. The SMILES string of the molecule is N#Cc1cc(Nc2nc(NC3CC3)c3ncc(C#N)n3n2)c(Cl)c(C(O)C2CN(C3COC3)C2)c1. The van der Waals surface area contributed by atoms with Gasteiger partial charge in [-0.2, -0.15) is 20.0 Å². The van der Waals surface area contributed by atoms with Crippen LogP contribution >= 0.6 is 11.6 Å². The lowest BCUT2D eigenvalue weighted by molar-refractivity contribution is -0.120. The zero-order valence-corrected chi connectivity index (χ0v) is 19.4. The van der Waals surface area contributed by atoms with Crippen LogP contribution in [0.5, 0.6) is 0 Å². The highest BCUT2D eigenvalue weighted by Crippen LogP contribution is 2.39. The molecule has 1 atom stereocenters. The van der Waals surface area contributed by atoms with Crippen molar-refractivity contribution >= 4 is 34.7 Å². The molecule has 2 saturated heterocycles. The predicted molar refractivity (Wildman–Crippen MR) is 126 cm³/mol. The Kier molecular flexibility index (Phi) is 5.43. The van der Waals surface area contributed by atoms with Gasteiger partial charge in [0.25, 0.3) is 0 Å². The number of nitrogens with one attached hydrogen (secondary N) is 2. The van der Waals surface area contributed by atoms with Gasteiger partial charge >= 0.3 is 0 Å². The molecule has 11 nitrogen and oxygen atoms in total. The Morgan fingerprint density at radius 1 is 1.20 bits per heavy atom. The van der Waals surface area contributed by atoms with Gasteiger partial charge in [0.15, 0.2) is 17.2 Å². The van der Waals surface area contributed by atoms with E-state index in [9.17, 15) is 15.6 Å². The summed E-state index contributed by atoms with van der Waals surface area (Å²) < 4.78 is 6.68. The van der Waals surface area contributed by atoms with Crippen molar-refractivity contribution in [2.24, 2.45) is 5.92 Å². The molecule has 1 saturated carbocycles. The van der Waals surface area contributed by atoms with Crippen molar-refractivity contribution < 1.29 is 9.84 Å². The molecule has 35 heavy (non-hydrogen) atoms. The van der Waals surface area contributed by atoms with E-state index < -0.39 is 6.10 Å². The number of anilines is 3. The molecule has 6 rings (SSSR count). The summed E-state index contributed by atoms with van der Waals surface area (Å²) in [5.74, 6) is 0.710. The van der Waals surface area contributed by atoms with E-state index in [2.05, 4.69) is 42.7 Å². The summed E-state index contributed by atoms with van der Waals surface area (Å²) in [5, 5.41) is 41.3. The van der Waals surface area contributed by atoms with Crippen LogP contribution in [0, 0.1) is 28.6 Å². The van der Waals surface area contributed by atoms with Crippen LogP contribution in [0.1, 0.15) is 35.8 Å². The molecular formula is C23H22ClN9O2. The lowest BCUT2D eigenvalue weighted by Gasteiger charge is -2.49. The van der Waals surface area contributed by atoms with Gasteiger partial charge in [0.2, 0.25) is 5.95 Å². The number of likely N-dealkylation sites (tertiary alicyclic amines) is 1. The number of nitriles is 2. The zero-order chi connectivity index (χ0) is 24.1. The van der Waals surface area contributed by atoms with E-state index in [4.69, 9.17) is 16.3 Å². The normalized spacial score (nSPS) is 19.4. The van der Waals surface area contributed by atoms with E-state index in [0.29, 0.717) is 45.4 Å². The fourth-order valence-corrected chi connectivity index (χ4v) is 4.67. The van der Waals surface area contributed by atoms with Crippen LogP contribution in [-0.4, -0.2) is 68.0 Å². The van der Waals surface area contributed by atoms with Crippen LogP contribution in [0.25, 0.3) is 5.65 Å². The van der Waals surface area contributed by atoms with E-state index in [1.807, 2.05) is 0 Å². The Labute approximate surface area is 205 Å². The summed E-state index contributed by atoms with van der Waals surface area (Å²) in [5.41, 5.74) is 1.97. The van der Waals surface area contributed by atoms with Crippen molar-refractivity contribution in [1.29, 1.82) is 10.5 Å². The van der Waals surface area contributed by atoms with E-state index in [1.54, 1.807) is 12.1 Å². The zero-order valence-electron chi connectivity index (χ0n) is 18.6. The minimum atomic E-state index is -0.817. The third-order valence-corrected chi connectivity index (χ3v) is 7.13. The summed E-state index contributed by atoms with van der Waals surface area (Å²) in [4.78, 5) is 11.1. The number of aromatic nitrogens is 4. The Morgan fingerprint density at radius 2 is 2.00 bits per heavy atom. The van der Waals surface area contributed by atoms with Gasteiger partial charge in [0.1, 0.15) is 6.07 Å². The van der Waals surface area contributed by atoms with Crippen molar-refractivity contribution in [2.45, 2.75) is 31.0 Å². The number of nitrogens with zero attached hydrogens (tertiary/aromatic N) is 7. The maximum atomic E-state index is 11.1. The minimum Gasteiger partial charge on any atom is -0.388 e. The molecule has 1 unspecified atom stereocenters. The first-order valence-corrected chi connectivity index (χ1v) is 11.8. The number of hydrogen-bond acceptors (Lipinski definition) is 10. The highest BCUT2D eigenvalue weighted by molar-refractivity contribution is 6.34. The van der Waals surface area contributed by atoms with Crippen molar-refractivity contribution in [3.05, 3.63) is 40.2 Å². The minimum absolute atomic E-state index is 0.0148. The number of benzene rings is 1. The first-order chi connectivity index (χ1) is 17.0. The lowest BCUT2D eigenvalue weighted by atomic mass is 9.87. The summed E-state index contributed by atoms with van der Waals surface area (Å²) in [6.07, 6.45) is 2.70. The molecular weight excluding hydrogens is 470 g/mol. The largest absolute Gasteiger partial charge is 0.388 e. The van der Waals surface area contributed by atoms with Crippen LogP contribution in [0.3, 0.4) is 0 Å². The molecule has 2 aromatic heterocycles. The van der Waals surface area contributed by atoms with E-state index in [0.717, 1.165) is 39.1 Å². The van der Waals surface area contributed by atoms with Crippen molar-refractivity contribution in [3.63, 3.8) is 0 Å². The number of aliphatic hydroxyl groups excluding tert-OH is 1. The predicted octanol–water partition coefficient (Wildman–Crippen LogP) is 2.20. The standard InChI is InChI=1S/C23H22ClN9O2/c24-19-17(20(34)13-8-32(9-13)16-10-35-11-16)3-12(5-25)4-18(19)29-23-30-21(28-14-1-2-14)22-27-7-15(6-26)33(22)31-23/h3-4,7,13-14,16,20,34H,1-2,8-11H2,(H2,28,29,30,31). The second-order valence-electron chi connectivity index (χ2n) is 9.21. The maximum absolute atomic E-state index is 11.1. The van der Waals surface area contributed by atoms with Crippen LogP contribution in [0.15, 0.2) is 18.3 Å². The molecule has 0 bridgehead atoms. The molecule has 0 radical (unpaired) electrons. The van der Waals surface area contributed by atoms with E-state index >= 15 is 0 Å². The molecule has 1 aromatic carbocycles. The van der Waals surface area contributed by atoms with Gasteiger partial charge in [-0.15, -0.1) is 5.10 Å². The van der Waals surface area contributed by atoms with Gasteiger partial charge < -0.3 is 20.5 Å². The van der Waals surface area contributed by atoms with Gasteiger partial charge in [0.05, 0.1) is 53.9 Å². The van der Waals surface area contributed by atoms with Crippen LogP contribution in [0.4, 0.5) is 17.5 Å². The van der Waals surface area contributed by atoms with Gasteiger partial charge in [0, 0.05) is 30.6 Å². The quantitative estimate of drug-likeness (QED) is 0.449. The molecule has 3 N–H and O–H groups in total. The Bertz CT molecular complexity index is 1380. The Morgan fingerprint density at radius 3 is 2.66 bits per heavy atom. The van der Waals surface area contributed by atoms with Gasteiger partial charge in [-0.25, -0.2) is 4.98 Å². The summed E-state index contributed by atoms with van der Waals surface area (Å²) in [6, 6.07) is 8.16. The van der Waals surface area contributed by atoms with Crippen molar-refractivity contribution in [1.82, 2.24) is 24.5 Å². The second-order valence-corrected chi connectivity index (χ2v) is 9.59. The molecule has 2 aliphatic heterocycles. The summed E-state index contributed by atoms with van der Waals surface area (Å²) in [6.45, 7) is 2.96. The number of imidazole rings is 1. The lowest BCUT2D eigenvalue weighted by Crippen LogP contribution is -2.60. The van der Waals surface area contributed by atoms with E-state index in [1.165, 1.54) is 10.7 Å². The van der Waals surface area contributed by atoms with E-state index in [-0.39, 0.29) is 17.6 Å². The monoisotopic (exact) mass is 491 g/mol. The number of aliphatic hydroxyl groups is 1. The topological polar surface area (TPSA) is 147 Å². The smallest absolute Gasteiger partial charge is 0.247 e. The third kappa shape index (κ3) is 4.03. The van der Waals surface area contributed by atoms with Crippen molar-refractivity contribution in [2.75, 3.05) is 36.9 Å². The summed E-state index contributed by atoms with van der Waals surface area (Å²) >= 11 is 6.73. The van der Waals surface area contributed by atoms with Gasteiger partial charge in [-0.1, -0.05) is 11.6 Å². The molecule has 1 aliphatic carbocycles. The number of ether oxygens (including phenoxy) is 1. The highest BCUT2D eigenvalue weighted by Gasteiger charge is 2.40. The first kappa shape index (κ1) is 22.0. The Balaban J connectivity index is 1.31.